The number of urea groups is 1. The van der Waals surface area contributed by atoms with Crippen molar-refractivity contribution in [2.24, 2.45) is 0 Å². The first kappa shape index (κ1) is 24.5. The van der Waals surface area contributed by atoms with Crippen LogP contribution in [0.15, 0.2) is 60.7 Å². The van der Waals surface area contributed by atoms with E-state index in [9.17, 15) is 9.59 Å². The van der Waals surface area contributed by atoms with E-state index in [1.807, 2.05) is 17.0 Å². The van der Waals surface area contributed by atoms with Crippen LogP contribution in [0.4, 0.5) is 21.9 Å². The van der Waals surface area contributed by atoms with Gasteiger partial charge in [0.25, 0.3) is 5.91 Å². The van der Waals surface area contributed by atoms with E-state index in [0.29, 0.717) is 27.0 Å². The number of anilines is 3. The highest BCUT2D eigenvalue weighted by atomic mass is 35.5. The Morgan fingerprint density at radius 1 is 0.778 bits per heavy atom. The highest BCUT2D eigenvalue weighted by Gasteiger charge is 2.26. The van der Waals surface area contributed by atoms with Crippen LogP contribution in [0.5, 0.6) is 0 Å². The third-order valence-electron chi connectivity index (χ3n) is 6.80. The molecule has 1 fully saturated rings. The van der Waals surface area contributed by atoms with Gasteiger partial charge >= 0.3 is 6.03 Å². The van der Waals surface area contributed by atoms with Crippen molar-refractivity contribution in [2.75, 3.05) is 35.2 Å². The van der Waals surface area contributed by atoms with Crippen molar-refractivity contribution in [1.29, 1.82) is 0 Å². The molecule has 186 valence electrons. The number of hydrogen-bond donors (Lipinski definition) is 2. The van der Waals surface area contributed by atoms with E-state index >= 15 is 0 Å². The third kappa shape index (κ3) is 5.30. The summed E-state index contributed by atoms with van der Waals surface area (Å²) in [5, 5.41) is 6.23. The first-order chi connectivity index (χ1) is 17.5. The van der Waals surface area contributed by atoms with Crippen molar-refractivity contribution in [3.63, 3.8) is 0 Å². The van der Waals surface area contributed by atoms with E-state index in [1.165, 1.54) is 11.1 Å². The Labute approximate surface area is 221 Å². The number of carbonyl (C=O) groups excluding carboxylic acids is 2. The summed E-state index contributed by atoms with van der Waals surface area (Å²) in [7, 11) is 0. The number of nitrogens with one attached hydrogen (secondary N) is 2. The van der Waals surface area contributed by atoms with Crippen LogP contribution < -0.4 is 15.5 Å². The second kappa shape index (κ2) is 10.8. The molecule has 6 nitrogen and oxygen atoms in total. The molecule has 2 N–H and O–H groups in total. The predicted molar refractivity (Wildman–Crippen MR) is 146 cm³/mol. The van der Waals surface area contributed by atoms with Gasteiger partial charge in [-0.2, -0.15) is 0 Å². The van der Waals surface area contributed by atoms with Crippen LogP contribution >= 0.6 is 23.2 Å². The highest BCUT2D eigenvalue weighted by Crippen LogP contribution is 2.32. The molecule has 0 radical (unpaired) electrons. The van der Waals surface area contributed by atoms with Crippen LogP contribution in [0.3, 0.4) is 0 Å². The smallest absolute Gasteiger partial charge is 0.323 e. The fourth-order valence-corrected chi connectivity index (χ4v) is 5.41. The van der Waals surface area contributed by atoms with Crippen LogP contribution in [0, 0.1) is 0 Å². The summed E-state index contributed by atoms with van der Waals surface area (Å²) in [5.74, 6) is 0.00163. The molecule has 0 bridgehead atoms. The van der Waals surface area contributed by atoms with Crippen LogP contribution in [-0.4, -0.2) is 36.5 Å². The number of nitrogens with zero attached hydrogens (tertiary/aromatic N) is 2. The van der Waals surface area contributed by atoms with Gasteiger partial charge in [0.2, 0.25) is 0 Å². The second-order valence-corrected chi connectivity index (χ2v) is 10.0. The van der Waals surface area contributed by atoms with Crippen LogP contribution in [-0.2, 0) is 13.0 Å². The highest BCUT2D eigenvalue weighted by molar-refractivity contribution is 6.39. The van der Waals surface area contributed by atoms with Crippen molar-refractivity contribution in [3.8, 4) is 0 Å². The Kier molecular flexibility index (Phi) is 7.35. The minimum atomic E-state index is -0.485. The lowest BCUT2D eigenvalue weighted by Crippen LogP contribution is -2.38. The maximum Gasteiger partial charge on any atom is 0.323 e. The SMILES string of the molecule is O=C(Nc1ccc(N2CCc3ccccc3C2)c(C(=O)N2CCCCC2)c1)Nc1c(Cl)cccc1Cl. The molecule has 2 aliphatic heterocycles. The predicted octanol–water partition coefficient (Wildman–Crippen LogP) is 6.83. The molecule has 1 saturated heterocycles. The number of likely N-dealkylation sites (tertiary alicyclic amines) is 1. The van der Waals surface area contributed by atoms with Gasteiger partial charge in [-0.15, -0.1) is 0 Å². The largest absolute Gasteiger partial charge is 0.366 e. The lowest BCUT2D eigenvalue weighted by molar-refractivity contribution is 0.0725. The molecule has 0 unspecified atom stereocenters. The summed E-state index contributed by atoms with van der Waals surface area (Å²) in [5.41, 5.74) is 4.98. The number of piperidine rings is 1. The third-order valence-corrected chi connectivity index (χ3v) is 7.43. The number of rotatable bonds is 4. The molecule has 0 aliphatic carbocycles. The molecule has 0 spiro atoms. The molecular formula is C28H28Cl2N4O2. The molecule has 2 aliphatic rings. The first-order valence-corrected chi connectivity index (χ1v) is 13.0. The summed E-state index contributed by atoms with van der Waals surface area (Å²) in [6.07, 6.45) is 4.09. The van der Waals surface area contributed by atoms with Crippen molar-refractivity contribution in [2.45, 2.75) is 32.2 Å². The van der Waals surface area contributed by atoms with Gasteiger partial charge in [0, 0.05) is 37.6 Å². The monoisotopic (exact) mass is 522 g/mol. The minimum Gasteiger partial charge on any atom is -0.366 e. The van der Waals surface area contributed by atoms with Gasteiger partial charge in [-0.25, -0.2) is 4.79 Å². The van der Waals surface area contributed by atoms with Crippen molar-refractivity contribution >= 4 is 52.2 Å². The molecule has 5 rings (SSSR count). The van der Waals surface area contributed by atoms with Gasteiger partial charge in [0.15, 0.2) is 0 Å². The standard InChI is InChI=1S/C28H28Cl2N4O2/c29-23-9-6-10-24(30)26(23)32-28(36)31-21-11-12-25(22(17-21)27(35)33-14-4-1-5-15-33)34-16-13-19-7-2-3-8-20(19)18-34/h2-3,6-12,17H,1,4-5,13-16,18H2,(H2,31,32,36). The van der Waals surface area contributed by atoms with Crippen LogP contribution in [0.1, 0.15) is 40.7 Å². The zero-order valence-corrected chi connectivity index (χ0v) is 21.4. The molecule has 36 heavy (non-hydrogen) atoms. The van der Waals surface area contributed by atoms with E-state index in [1.54, 1.807) is 24.3 Å². The van der Waals surface area contributed by atoms with Crippen LogP contribution in [0.25, 0.3) is 0 Å². The molecule has 8 heteroatoms. The van der Waals surface area contributed by atoms with E-state index in [4.69, 9.17) is 23.2 Å². The summed E-state index contributed by atoms with van der Waals surface area (Å²) >= 11 is 12.4. The lowest BCUT2D eigenvalue weighted by Gasteiger charge is -2.34. The molecule has 3 aromatic carbocycles. The number of hydrogen-bond acceptors (Lipinski definition) is 3. The maximum absolute atomic E-state index is 13.7. The number of amides is 3. The van der Waals surface area contributed by atoms with Crippen molar-refractivity contribution < 1.29 is 9.59 Å². The maximum atomic E-state index is 13.7. The zero-order valence-electron chi connectivity index (χ0n) is 19.9. The van der Waals surface area contributed by atoms with E-state index in [2.05, 4.69) is 39.8 Å². The number of carbonyl (C=O) groups is 2. The quantitative estimate of drug-likeness (QED) is 0.394. The van der Waals surface area contributed by atoms with Crippen molar-refractivity contribution in [3.05, 3.63) is 87.4 Å². The summed E-state index contributed by atoms with van der Waals surface area (Å²) < 4.78 is 0. The first-order valence-electron chi connectivity index (χ1n) is 12.3. The molecular weight excluding hydrogens is 495 g/mol. The summed E-state index contributed by atoms with van der Waals surface area (Å²) in [6, 6.07) is 18.5. The van der Waals surface area contributed by atoms with Gasteiger partial charge in [-0.1, -0.05) is 53.5 Å². The Morgan fingerprint density at radius 2 is 1.50 bits per heavy atom. The number of halogens is 2. The number of fused-ring (bicyclic) bond motifs is 1. The second-order valence-electron chi connectivity index (χ2n) is 9.20. The molecule has 0 saturated carbocycles. The van der Waals surface area contributed by atoms with Gasteiger partial charge in [0.1, 0.15) is 0 Å². The summed E-state index contributed by atoms with van der Waals surface area (Å²) in [6.45, 7) is 3.08. The fourth-order valence-electron chi connectivity index (χ4n) is 4.92. The minimum absolute atomic E-state index is 0.00163. The normalized spacial score (nSPS) is 15.3. The van der Waals surface area contributed by atoms with Gasteiger partial charge in [0.05, 0.1) is 21.3 Å². The van der Waals surface area contributed by atoms with Gasteiger partial charge < -0.3 is 20.4 Å². The average Bonchev–Trinajstić information content (AvgIpc) is 2.90. The zero-order chi connectivity index (χ0) is 25.1. The molecule has 2 heterocycles. The Balaban J connectivity index is 1.42. The molecule has 3 amide bonds. The molecule has 0 aromatic heterocycles. The van der Waals surface area contributed by atoms with Crippen LogP contribution in [0.2, 0.25) is 10.0 Å². The van der Waals surface area contributed by atoms with E-state index in [0.717, 1.165) is 57.5 Å². The lowest BCUT2D eigenvalue weighted by atomic mass is 9.98. The van der Waals surface area contributed by atoms with Gasteiger partial charge in [-0.05, 0) is 67.1 Å². The van der Waals surface area contributed by atoms with Crippen molar-refractivity contribution in [1.82, 2.24) is 4.90 Å². The fraction of sp³-hybridized carbons (Fsp3) is 0.286. The van der Waals surface area contributed by atoms with Gasteiger partial charge in [-0.3, -0.25) is 4.79 Å². The number of para-hydroxylation sites is 1. The van der Waals surface area contributed by atoms with E-state index < -0.39 is 6.03 Å². The topological polar surface area (TPSA) is 64.7 Å². The Bertz CT molecular complexity index is 1270. The number of benzene rings is 3. The summed E-state index contributed by atoms with van der Waals surface area (Å²) in [4.78, 5) is 30.6. The Morgan fingerprint density at radius 3 is 2.25 bits per heavy atom. The average molecular weight is 523 g/mol. The molecule has 3 aromatic rings. The molecule has 0 atom stereocenters. The Hall–Kier alpha value is -3.22. The van der Waals surface area contributed by atoms with E-state index in [-0.39, 0.29) is 5.91 Å².